The lowest BCUT2D eigenvalue weighted by Crippen LogP contribution is -2.38. The van der Waals surface area contributed by atoms with Crippen LogP contribution in [-0.4, -0.2) is 45.7 Å². The van der Waals surface area contributed by atoms with Crippen LogP contribution in [0.2, 0.25) is 0 Å². The minimum Gasteiger partial charge on any atom is -0.381 e. The molecule has 1 atom stereocenters. The van der Waals surface area contributed by atoms with E-state index in [1.807, 2.05) is 4.90 Å². The van der Waals surface area contributed by atoms with Gasteiger partial charge in [0.05, 0.1) is 6.04 Å². The van der Waals surface area contributed by atoms with Gasteiger partial charge in [0, 0.05) is 31.2 Å². The molecule has 4 rings (SSSR count). The van der Waals surface area contributed by atoms with Crippen molar-refractivity contribution in [2.45, 2.75) is 31.7 Å². The SMILES string of the molecule is O=C(C1CCOCC1)N1CCC[C@H]1c1nc(-c2ccc(F)cc2)n[nH]1. The van der Waals surface area contributed by atoms with Crippen molar-refractivity contribution in [3.63, 3.8) is 0 Å². The van der Waals surface area contributed by atoms with Gasteiger partial charge in [-0.1, -0.05) is 0 Å². The normalized spacial score (nSPS) is 21.6. The summed E-state index contributed by atoms with van der Waals surface area (Å²) in [6.45, 7) is 2.07. The minimum atomic E-state index is -0.288. The highest BCUT2D eigenvalue weighted by molar-refractivity contribution is 5.79. The lowest BCUT2D eigenvalue weighted by molar-refractivity contribution is -0.139. The molecule has 1 aromatic carbocycles. The van der Waals surface area contributed by atoms with E-state index in [1.54, 1.807) is 12.1 Å². The molecule has 0 bridgehead atoms. The van der Waals surface area contributed by atoms with Crippen LogP contribution in [0.4, 0.5) is 4.39 Å². The number of amides is 1. The van der Waals surface area contributed by atoms with Gasteiger partial charge in [0.25, 0.3) is 0 Å². The fourth-order valence-electron chi connectivity index (χ4n) is 3.65. The number of likely N-dealkylation sites (tertiary alicyclic amines) is 1. The Morgan fingerprint density at radius 1 is 1.20 bits per heavy atom. The third-order valence-electron chi connectivity index (χ3n) is 5.03. The van der Waals surface area contributed by atoms with E-state index in [2.05, 4.69) is 15.2 Å². The molecular formula is C18H21FN4O2. The second-order valence-electron chi connectivity index (χ2n) is 6.63. The smallest absolute Gasteiger partial charge is 0.226 e. The summed E-state index contributed by atoms with van der Waals surface area (Å²) in [6, 6.07) is 6.03. The average molecular weight is 344 g/mol. The van der Waals surface area contributed by atoms with E-state index in [-0.39, 0.29) is 23.7 Å². The number of nitrogens with zero attached hydrogens (tertiary/aromatic N) is 3. The maximum Gasteiger partial charge on any atom is 0.226 e. The Balaban J connectivity index is 1.52. The summed E-state index contributed by atoms with van der Waals surface area (Å²) >= 11 is 0. The predicted molar refractivity (Wildman–Crippen MR) is 89.0 cm³/mol. The number of H-pyrrole nitrogens is 1. The number of aromatic nitrogens is 3. The lowest BCUT2D eigenvalue weighted by Gasteiger charge is -2.29. The molecule has 0 saturated carbocycles. The molecule has 2 aliphatic heterocycles. The first-order chi connectivity index (χ1) is 12.2. The van der Waals surface area contributed by atoms with Crippen molar-refractivity contribution in [3.05, 3.63) is 35.9 Å². The molecule has 2 aromatic rings. The Bertz CT molecular complexity index is 740. The summed E-state index contributed by atoms with van der Waals surface area (Å²) in [4.78, 5) is 19.4. The van der Waals surface area contributed by atoms with E-state index < -0.39 is 0 Å². The van der Waals surface area contributed by atoms with Crippen LogP contribution in [-0.2, 0) is 9.53 Å². The zero-order valence-corrected chi connectivity index (χ0v) is 13.9. The van der Waals surface area contributed by atoms with Gasteiger partial charge >= 0.3 is 0 Å². The lowest BCUT2D eigenvalue weighted by atomic mass is 9.98. The number of benzene rings is 1. The quantitative estimate of drug-likeness (QED) is 0.929. The molecule has 7 heteroatoms. The fraction of sp³-hybridized carbons (Fsp3) is 0.500. The van der Waals surface area contributed by atoms with Gasteiger partial charge < -0.3 is 9.64 Å². The largest absolute Gasteiger partial charge is 0.381 e. The Kier molecular flexibility index (Phi) is 4.48. The molecule has 6 nitrogen and oxygen atoms in total. The van der Waals surface area contributed by atoms with E-state index in [0.29, 0.717) is 24.9 Å². The third-order valence-corrected chi connectivity index (χ3v) is 5.03. The van der Waals surface area contributed by atoms with Crippen molar-refractivity contribution < 1.29 is 13.9 Å². The predicted octanol–water partition coefficient (Wildman–Crippen LogP) is 2.70. The number of hydrogen-bond donors (Lipinski definition) is 1. The summed E-state index contributed by atoms with van der Waals surface area (Å²) in [5.41, 5.74) is 0.754. The number of aromatic amines is 1. The highest BCUT2D eigenvalue weighted by atomic mass is 19.1. The summed E-state index contributed by atoms with van der Waals surface area (Å²) in [5, 5.41) is 7.23. The maximum atomic E-state index is 13.1. The van der Waals surface area contributed by atoms with Gasteiger partial charge in [0.1, 0.15) is 11.6 Å². The Morgan fingerprint density at radius 2 is 1.96 bits per heavy atom. The molecule has 2 fully saturated rings. The second kappa shape index (κ2) is 6.92. The first kappa shape index (κ1) is 16.2. The third kappa shape index (κ3) is 3.28. The molecule has 1 N–H and O–H groups in total. The van der Waals surface area contributed by atoms with Crippen LogP contribution < -0.4 is 0 Å². The van der Waals surface area contributed by atoms with Crippen molar-refractivity contribution in [3.8, 4) is 11.4 Å². The van der Waals surface area contributed by atoms with Crippen molar-refractivity contribution in [2.24, 2.45) is 5.92 Å². The molecule has 0 aliphatic carbocycles. The molecular weight excluding hydrogens is 323 g/mol. The maximum absolute atomic E-state index is 13.1. The van der Waals surface area contributed by atoms with Crippen molar-refractivity contribution in [1.82, 2.24) is 20.1 Å². The number of carbonyl (C=O) groups excluding carboxylic acids is 1. The number of ether oxygens (including phenoxy) is 1. The minimum absolute atomic E-state index is 0.0499. The topological polar surface area (TPSA) is 71.1 Å². The molecule has 25 heavy (non-hydrogen) atoms. The highest BCUT2D eigenvalue weighted by Crippen LogP contribution is 2.33. The van der Waals surface area contributed by atoms with Crippen LogP contribution in [0.1, 0.15) is 37.5 Å². The van der Waals surface area contributed by atoms with Crippen LogP contribution in [0.25, 0.3) is 11.4 Å². The first-order valence-electron chi connectivity index (χ1n) is 8.79. The van der Waals surface area contributed by atoms with E-state index in [9.17, 15) is 9.18 Å². The molecule has 0 spiro atoms. The number of nitrogens with one attached hydrogen (secondary N) is 1. The Hall–Kier alpha value is -2.28. The average Bonchev–Trinajstić information content (AvgIpc) is 3.31. The molecule has 1 aromatic heterocycles. The zero-order chi connectivity index (χ0) is 17.2. The van der Waals surface area contributed by atoms with Gasteiger partial charge in [-0.15, -0.1) is 0 Å². The van der Waals surface area contributed by atoms with Crippen molar-refractivity contribution >= 4 is 5.91 Å². The van der Waals surface area contributed by atoms with Gasteiger partial charge in [-0.2, -0.15) is 5.10 Å². The fourth-order valence-corrected chi connectivity index (χ4v) is 3.65. The molecule has 3 heterocycles. The molecule has 0 radical (unpaired) electrons. The van der Waals surface area contributed by atoms with Crippen LogP contribution >= 0.6 is 0 Å². The molecule has 2 saturated heterocycles. The number of carbonyl (C=O) groups is 1. The summed E-state index contributed by atoms with van der Waals surface area (Å²) in [5.74, 6) is 1.19. The zero-order valence-electron chi connectivity index (χ0n) is 13.9. The Labute approximate surface area is 145 Å². The molecule has 0 unspecified atom stereocenters. The molecule has 132 valence electrons. The van der Waals surface area contributed by atoms with Crippen LogP contribution in [0, 0.1) is 11.7 Å². The Morgan fingerprint density at radius 3 is 2.72 bits per heavy atom. The molecule has 2 aliphatic rings. The number of rotatable bonds is 3. The van der Waals surface area contributed by atoms with E-state index >= 15 is 0 Å². The van der Waals surface area contributed by atoms with Crippen LogP contribution in [0.15, 0.2) is 24.3 Å². The van der Waals surface area contributed by atoms with Crippen LogP contribution in [0.5, 0.6) is 0 Å². The van der Waals surface area contributed by atoms with Crippen LogP contribution in [0.3, 0.4) is 0 Å². The van der Waals surface area contributed by atoms with Gasteiger partial charge in [-0.3, -0.25) is 9.89 Å². The number of hydrogen-bond acceptors (Lipinski definition) is 4. The standard InChI is InChI=1S/C18H21FN4O2/c19-14-5-3-12(4-6-14)16-20-17(22-21-16)15-2-1-9-23(15)18(24)13-7-10-25-11-8-13/h3-6,13,15H,1-2,7-11H2,(H,20,21,22)/t15-/m0/s1. The van der Waals surface area contributed by atoms with Gasteiger partial charge in [-0.25, -0.2) is 9.37 Å². The van der Waals surface area contributed by atoms with E-state index in [1.165, 1.54) is 12.1 Å². The monoisotopic (exact) mass is 344 g/mol. The second-order valence-corrected chi connectivity index (χ2v) is 6.63. The summed E-state index contributed by atoms with van der Waals surface area (Å²) in [7, 11) is 0. The highest BCUT2D eigenvalue weighted by Gasteiger charge is 2.36. The number of halogens is 1. The van der Waals surface area contributed by atoms with E-state index in [0.717, 1.165) is 37.8 Å². The van der Waals surface area contributed by atoms with E-state index in [4.69, 9.17) is 4.74 Å². The summed E-state index contributed by atoms with van der Waals surface area (Å²) in [6.07, 6.45) is 3.43. The van der Waals surface area contributed by atoms with Gasteiger partial charge in [0.2, 0.25) is 5.91 Å². The van der Waals surface area contributed by atoms with Crippen molar-refractivity contribution in [2.75, 3.05) is 19.8 Å². The van der Waals surface area contributed by atoms with Gasteiger partial charge in [-0.05, 0) is 49.9 Å². The van der Waals surface area contributed by atoms with Crippen molar-refractivity contribution in [1.29, 1.82) is 0 Å². The van der Waals surface area contributed by atoms with Gasteiger partial charge in [0.15, 0.2) is 5.82 Å². The first-order valence-corrected chi connectivity index (χ1v) is 8.79. The summed E-state index contributed by atoms with van der Waals surface area (Å²) < 4.78 is 18.4. The molecule has 1 amide bonds.